The van der Waals surface area contributed by atoms with E-state index in [1.54, 1.807) is 0 Å². The number of hydrogen-bond donors (Lipinski definition) is 0. The van der Waals surface area contributed by atoms with Gasteiger partial charge in [-0.3, -0.25) is 0 Å². The van der Waals surface area contributed by atoms with E-state index in [1.165, 1.54) is 0 Å². The van der Waals surface area contributed by atoms with Crippen molar-refractivity contribution in [1.29, 1.82) is 0 Å². The van der Waals surface area contributed by atoms with Crippen LogP contribution in [0, 0.1) is 0 Å². The monoisotopic (exact) mass is 324 g/mol. The molecular weight excluding hydrogens is 302 g/mol. The molecule has 0 atom stereocenters. The quantitative estimate of drug-likeness (QED) is 0.591. The summed E-state index contributed by atoms with van der Waals surface area (Å²) in [6, 6.07) is 29.2. The molecule has 0 heterocycles. The Morgan fingerprint density at radius 1 is 0.609 bits per heavy atom. The zero-order valence-corrected chi connectivity index (χ0v) is 14.3. The molecule has 0 aliphatic rings. The van der Waals surface area contributed by atoms with Crippen molar-refractivity contribution in [1.82, 2.24) is 0 Å². The van der Waals surface area contributed by atoms with Crippen LogP contribution in [0.5, 0.6) is 0 Å². The molecule has 0 N–H and O–H groups in total. The molecule has 0 bridgehead atoms. The molecule has 3 aromatic rings. The van der Waals surface area contributed by atoms with Crippen LogP contribution < -0.4 is 15.9 Å². The van der Waals surface area contributed by atoms with Gasteiger partial charge in [0.25, 0.3) is 0 Å². The first kappa shape index (κ1) is 15.9. The second-order valence-electron chi connectivity index (χ2n) is 5.91. The Hall–Kier alpha value is -1.98. The molecule has 118 valence electrons. The summed E-state index contributed by atoms with van der Waals surface area (Å²) in [5, 5.41) is 2.45. The molecule has 0 spiro atoms. The zero-order valence-electron chi connectivity index (χ0n) is 13.4. The topological polar surface area (TPSA) is 0 Å². The van der Waals surface area contributed by atoms with Gasteiger partial charge in [-0.25, -0.2) is 0 Å². The van der Waals surface area contributed by atoms with Crippen LogP contribution in [0.3, 0.4) is 0 Å². The van der Waals surface area contributed by atoms with Crippen molar-refractivity contribution in [2.45, 2.75) is 13.3 Å². The number of hydrogen-bond acceptors (Lipinski definition) is 0. The minimum atomic E-state index is -3.93. The summed E-state index contributed by atoms with van der Waals surface area (Å²) in [7, 11) is 0. The van der Waals surface area contributed by atoms with Crippen molar-refractivity contribution in [3.8, 4) is 0 Å². The average molecular weight is 324 g/mol. The first-order valence-corrected chi connectivity index (χ1v) is 10.4. The van der Waals surface area contributed by atoms with Crippen LogP contribution in [-0.2, 0) is 0 Å². The fourth-order valence-corrected chi connectivity index (χ4v) is 8.36. The van der Waals surface area contributed by atoms with Crippen molar-refractivity contribution in [2.24, 2.45) is 0 Å². The Morgan fingerprint density at radius 2 is 0.913 bits per heavy atom. The Morgan fingerprint density at radius 3 is 1.17 bits per heavy atom. The molecule has 0 aromatic heterocycles. The summed E-state index contributed by atoms with van der Waals surface area (Å²) in [5.74, 6) is 0. The SMILES string of the molecule is CCCP(F)(c1ccccc1)(c1ccccc1)c1ccccc1. The first-order valence-electron chi connectivity index (χ1n) is 8.10. The fraction of sp³-hybridized carbons (Fsp3) is 0.143. The Labute approximate surface area is 138 Å². The van der Waals surface area contributed by atoms with Gasteiger partial charge < -0.3 is 0 Å². The van der Waals surface area contributed by atoms with E-state index in [4.69, 9.17) is 0 Å². The third-order valence-electron chi connectivity index (χ3n) is 4.53. The maximum absolute atomic E-state index is 17.5. The van der Waals surface area contributed by atoms with Crippen LogP contribution in [-0.4, -0.2) is 6.16 Å². The Bertz CT molecular complexity index is 654. The molecule has 3 aromatic carbocycles. The van der Waals surface area contributed by atoms with Gasteiger partial charge in [-0.15, -0.1) is 0 Å². The second-order valence-corrected chi connectivity index (χ2v) is 10.3. The molecule has 0 saturated carbocycles. The molecule has 0 nitrogen and oxygen atoms in total. The van der Waals surface area contributed by atoms with E-state index in [1.807, 2.05) is 91.0 Å². The van der Waals surface area contributed by atoms with Crippen LogP contribution in [0.2, 0.25) is 0 Å². The average Bonchev–Trinajstić information content (AvgIpc) is 2.64. The van der Waals surface area contributed by atoms with Crippen LogP contribution in [0.15, 0.2) is 91.0 Å². The zero-order chi connectivity index (χ0) is 16.2. The van der Waals surface area contributed by atoms with E-state index < -0.39 is 6.91 Å². The third-order valence-corrected chi connectivity index (χ3v) is 9.94. The summed E-state index contributed by atoms with van der Waals surface area (Å²) in [5.41, 5.74) is 0. The molecule has 0 radical (unpaired) electrons. The molecule has 0 aliphatic heterocycles. The maximum atomic E-state index is 17.5. The van der Waals surface area contributed by atoms with Crippen LogP contribution in [0.1, 0.15) is 13.3 Å². The van der Waals surface area contributed by atoms with E-state index in [2.05, 4.69) is 6.92 Å². The van der Waals surface area contributed by atoms with E-state index in [0.717, 1.165) is 22.3 Å². The first-order chi connectivity index (χ1) is 11.2. The van der Waals surface area contributed by atoms with Gasteiger partial charge in [0.1, 0.15) is 0 Å². The normalized spacial score (nSPS) is 13.2. The van der Waals surface area contributed by atoms with Crippen molar-refractivity contribution < 1.29 is 4.20 Å². The van der Waals surface area contributed by atoms with Crippen LogP contribution in [0.4, 0.5) is 4.20 Å². The van der Waals surface area contributed by atoms with E-state index in [-0.39, 0.29) is 0 Å². The summed E-state index contributed by atoms with van der Waals surface area (Å²) < 4.78 is 17.5. The van der Waals surface area contributed by atoms with Gasteiger partial charge in [0.05, 0.1) is 0 Å². The van der Waals surface area contributed by atoms with Gasteiger partial charge in [0.2, 0.25) is 0 Å². The van der Waals surface area contributed by atoms with Crippen molar-refractivity contribution >= 4 is 22.8 Å². The predicted molar refractivity (Wildman–Crippen MR) is 101 cm³/mol. The molecule has 0 fully saturated rings. The second kappa shape index (κ2) is 6.26. The summed E-state index contributed by atoms with van der Waals surface area (Å²) in [4.78, 5) is 0. The van der Waals surface area contributed by atoms with E-state index in [0.29, 0.717) is 6.16 Å². The van der Waals surface area contributed by atoms with Gasteiger partial charge in [0.15, 0.2) is 0 Å². The van der Waals surface area contributed by atoms with Gasteiger partial charge in [-0.05, 0) is 0 Å². The minimum absolute atomic E-state index is 0.531. The Balaban J connectivity index is 2.41. The molecule has 0 unspecified atom stereocenters. The van der Waals surface area contributed by atoms with Gasteiger partial charge >= 0.3 is 138 Å². The molecule has 2 heteroatoms. The van der Waals surface area contributed by atoms with E-state index >= 15 is 4.20 Å². The van der Waals surface area contributed by atoms with Gasteiger partial charge in [-0.2, -0.15) is 0 Å². The fourth-order valence-electron chi connectivity index (χ4n) is 3.47. The number of rotatable bonds is 5. The third kappa shape index (κ3) is 2.50. The predicted octanol–water partition coefficient (Wildman–Crippen LogP) is 4.81. The Kier molecular flexibility index (Phi) is 4.33. The van der Waals surface area contributed by atoms with Gasteiger partial charge in [0, 0.05) is 0 Å². The summed E-state index contributed by atoms with van der Waals surface area (Å²) in [6.45, 7) is -1.86. The summed E-state index contributed by atoms with van der Waals surface area (Å²) in [6.07, 6.45) is 1.33. The van der Waals surface area contributed by atoms with Crippen molar-refractivity contribution in [3.63, 3.8) is 0 Å². The number of benzene rings is 3. The molecule has 0 aliphatic carbocycles. The molecule has 0 amide bonds. The van der Waals surface area contributed by atoms with Crippen LogP contribution in [0.25, 0.3) is 0 Å². The van der Waals surface area contributed by atoms with Crippen molar-refractivity contribution in [2.75, 3.05) is 6.16 Å². The molecule has 3 rings (SSSR count). The standard InChI is InChI=1S/C21H22FP/c1-2-18-23(22,19-12-6-3-7-13-19,20-14-8-4-9-15-20)21-16-10-5-11-17-21/h3-17H,2,18H2,1H3. The van der Waals surface area contributed by atoms with Gasteiger partial charge in [-0.1, -0.05) is 0 Å². The van der Waals surface area contributed by atoms with Crippen molar-refractivity contribution in [3.05, 3.63) is 91.0 Å². The molecular formula is C21H22FP. The molecule has 23 heavy (non-hydrogen) atoms. The molecule has 0 saturated heterocycles. The summed E-state index contributed by atoms with van der Waals surface area (Å²) >= 11 is 0. The number of halogens is 1. The van der Waals surface area contributed by atoms with Crippen LogP contribution >= 0.6 is 6.91 Å². The van der Waals surface area contributed by atoms with E-state index in [9.17, 15) is 0 Å².